The molecule has 3 N–H and O–H groups in total. The molecule has 1 aromatic heterocycles. The van der Waals surface area contributed by atoms with Crippen molar-refractivity contribution in [2.75, 3.05) is 12.8 Å². The molecule has 0 aliphatic carbocycles. The second-order valence-electron chi connectivity index (χ2n) is 3.79. The summed E-state index contributed by atoms with van der Waals surface area (Å²) in [5, 5.41) is 0.443. The molecule has 104 valence electrons. The molecule has 1 aromatic rings. The Bertz CT molecular complexity index is 487. The molecule has 1 heterocycles. The second-order valence-corrected chi connectivity index (χ2v) is 9.25. The minimum atomic E-state index is -3.44. The first-order chi connectivity index (χ1) is 8.40. The van der Waals surface area contributed by atoms with Gasteiger partial charge in [-0.2, -0.15) is 11.8 Å². The molecule has 4 nitrogen and oxygen atoms in total. The van der Waals surface area contributed by atoms with Gasteiger partial charge < -0.3 is 5.73 Å². The Balaban J connectivity index is 2.71. The van der Waals surface area contributed by atoms with E-state index in [-0.39, 0.29) is 4.90 Å². The highest BCUT2D eigenvalue weighted by Crippen LogP contribution is 2.31. The fraction of sp³-hybridized carbons (Fsp3) is 0.600. The topological polar surface area (TPSA) is 72.2 Å². The number of rotatable bonds is 7. The van der Waals surface area contributed by atoms with Gasteiger partial charge in [-0.1, -0.05) is 6.92 Å². The van der Waals surface area contributed by atoms with Gasteiger partial charge in [0.05, 0.1) is 3.79 Å². The molecule has 0 saturated carbocycles. The molecule has 18 heavy (non-hydrogen) atoms. The zero-order valence-electron chi connectivity index (χ0n) is 10.3. The van der Waals surface area contributed by atoms with Crippen LogP contribution < -0.4 is 10.5 Å². The van der Waals surface area contributed by atoms with E-state index in [1.807, 2.05) is 6.26 Å². The first kappa shape index (κ1) is 16.5. The van der Waals surface area contributed by atoms with Crippen LogP contribution in [0, 0.1) is 0 Å². The monoisotopic (exact) mass is 372 g/mol. The van der Waals surface area contributed by atoms with E-state index in [0.29, 0.717) is 22.1 Å². The number of thiophene rings is 1. The molecular weight excluding hydrogens is 356 g/mol. The molecule has 0 aromatic carbocycles. The molecule has 8 heteroatoms. The fourth-order valence-corrected chi connectivity index (χ4v) is 5.23. The second kappa shape index (κ2) is 7.25. The molecule has 0 fully saturated rings. The molecule has 0 spiro atoms. The number of halogens is 1. The van der Waals surface area contributed by atoms with Gasteiger partial charge in [0, 0.05) is 23.2 Å². The minimum absolute atomic E-state index is 0.282. The van der Waals surface area contributed by atoms with Crippen LogP contribution in [0.5, 0.6) is 0 Å². The van der Waals surface area contributed by atoms with Crippen LogP contribution >= 0.6 is 39.0 Å². The first-order valence-electron chi connectivity index (χ1n) is 5.41. The average Bonchev–Trinajstić information content (AvgIpc) is 2.71. The largest absolute Gasteiger partial charge is 0.326 e. The van der Waals surface area contributed by atoms with Crippen LogP contribution in [0.3, 0.4) is 0 Å². The standard InChI is InChI=1S/C10H17BrN2O2S3/c1-7(16-2)3-4-13-18(14,15)9-5-8(6-12)17-10(9)11/h5,7,13H,3-4,6,12H2,1-2H3. The van der Waals surface area contributed by atoms with Crippen LogP contribution in [0.15, 0.2) is 14.7 Å². The quantitative estimate of drug-likeness (QED) is 0.770. The van der Waals surface area contributed by atoms with Crippen LogP contribution in [0.2, 0.25) is 0 Å². The lowest BCUT2D eigenvalue weighted by Gasteiger charge is -2.09. The van der Waals surface area contributed by atoms with Crippen molar-refractivity contribution in [3.8, 4) is 0 Å². The summed E-state index contributed by atoms with van der Waals surface area (Å²) >= 11 is 6.35. The highest BCUT2D eigenvalue weighted by molar-refractivity contribution is 9.11. The molecule has 1 rings (SSSR count). The molecule has 0 amide bonds. The van der Waals surface area contributed by atoms with Gasteiger partial charge in [0.1, 0.15) is 4.90 Å². The van der Waals surface area contributed by atoms with Crippen molar-refractivity contribution in [3.05, 3.63) is 14.7 Å². The van der Waals surface area contributed by atoms with Crippen molar-refractivity contribution in [1.82, 2.24) is 4.72 Å². The van der Waals surface area contributed by atoms with Crippen LogP contribution in [-0.2, 0) is 16.6 Å². The van der Waals surface area contributed by atoms with Crippen molar-refractivity contribution >= 4 is 49.1 Å². The van der Waals surface area contributed by atoms with E-state index < -0.39 is 10.0 Å². The SMILES string of the molecule is CSC(C)CCNS(=O)(=O)c1cc(CN)sc1Br. The van der Waals surface area contributed by atoms with Crippen LogP contribution in [0.1, 0.15) is 18.2 Å². The van der Waals surface area contributed by atoms with Gasteiger partial charge in [-0.05, 0) is 34.7 Å². The first-order valence-corrected chi connectivity index (χ1v) is 9.79. The zero-order valence-corrected chi connectivity index (χ0v) is 14.3. The molecule has 0 aliphatic heterocycles. The van der Waals surface area contributed by atoms with Crippen LogP contribution in [-0.4, -0.2) is 26.5 Å². The lowest BCUT2D eigenvalue weighted by molar-refractivity contribution is 0.579. The van der Waals surface area contributed by atoms with E-state index in [2.05, 4.69) is 27.6 Å². The third-order valence-corrected chi connectivity index (χ3v) is 7.22. The smallest absolute Gasteiger partial charge is 0.242 e. The molecular formula is C10H17BrN2O2S3. The highest BCUT2D eigenvalue weighted by Gasteiger charge is 2.20. The van der Waals surface area contributed by atoms with Crippen molar-refractivity contribution < 1.29 is 8.42 Å². The molecule has 1 unspecified atom stereocenters. The zero-order chi connectivity index (χ0) is 13.8. The predicted octanol–water partition coefficient (Wildman–Crippen LogP) is 2.39. The van der Waals surface area contributed by atoms with E-state index in [9.17, 15) is 8.42 Å². The Labute approximate surface area is 125 Å². The normalized spacial score (nSPS) is 13.8. The number of sulfonamides is 1. The van der Waals surface area contributed by atoms with Gasteiger partial charge in [0.2, 0.25) is 10.0 Å². The number of hydrogen-bond acceptors (Lipinski definition) is 5. The maximum atomic E-state index is 12.1. The molecule has 0 saturated heterocycles. The van der Waals surface area contributed by atoms with E-state index in [1.165, 1.54) is 11.3 Å². The lowest BCUT2D eigenvalue weighted by Crippen LogP contribution is -2.26. The Morgan fingerprint density at radius 3 is 2.78 bits per heavy atom. The Kier molecular flexibility index (Phi) is 6.63. The number of thioether (sulfide) groups is 1. The predicted molar refractivity (Wildman–Crippen MR) is 82.7 cm³/mol. The van der Waals surface area contributed by atoms with Gasteiger partial charge in [0.15, 0.2) is 0 Å². The van der Waals surface area contributed by atoms with Gasteiger partial charge >= 0.3 is 0 Å². The van der Waals surface area contributed by atoms with E-state index in [1.54, 1.807) is 17.8 Å². The number of hydrogen-bond donors (Lipinski definition) is 2. The molecule has 0 bridgehead atoms. The fourth-order valence-electron chi connectivity index (χ4n) is 1.27. The molecule has 0 aliphatic rings. The van der Waals surface area contributed by atoms with E-state index >= 15 is 0 Å². The Hall–Kier alpha value is 0.400. The number of nitrogens with one attached hydrogen (secondary N) is 1. The summed E-state index contributed by atoms with van der Waals surface area (Å²) in [6.45, 7) is 2.87. The van der Waals surface area contributed by atoms with E-state index in [0.717, 1.165) is 11.3 Å². The van der Waals surface area contributed by atoms with Gasteiger partial charge in [-0.3, -0.25) is 0 Å². The van der Waals surface area contributed by atoms with Crippen molar-refractivity contribution in [2.45, 2.75) is 30.0 Å². The average molecular weight is 373 g/mol. The van der Waals surface area contributed by atoms with E-state index in [4.69, 9.17) is 5.73 Å². The van der Waals surface area contributed by atoms with Crippen molar-refractivity contribution in [1.29, 1.82) is 0 Å². The van der Waals surface area contributed by atoms with Crippen molar-refractivity contribution in [3.63, 3.8) is 0 Å². The highest BCUT2D eigenvalue weighted by atomic mass is 79.9. The summed E-state index contributed by atoms with van der Waals surface area (Å²) in [5.74, 6) is 0. The summed E-state index contributed by atoms with van der Waals surface area (Å²) in [7, 11) is -3.44. The summed E-state index contributed by atoms with van der Waals surface area (Å²) in [6.07, 6.45) is 2.83. The Morgan fingerprint density at radius 1 is 1.61 bits per heavy atom. The minimum Gasteiger partial charge on any atom is -0.326 e. The third-order valence-electron chi connectivity index (χ3n) is 2.44. The van der Waals surface area contributed by atoms with Gasteiger partial charge in [0.25, 0.3) is 0 Å². The maximum Gasteiger partial charge on any atom is 0.242 e. The summed E-state index contributed by atoms with van der Waals surface area (Å²) in [4.78, 5) is 1.13. The summed E-state index contributed by atoms with van der Waals surface area (Å²) in [5.41, 5.74) is 5.50. The molecule has 0 radical (unpaired) electrons. The van der Waals surface area contributed by atoms with Crippen molar-refractivity contribution in [2.24, 2.45) is 5.73 Å². The van der Waals surface area contributed by atoms with Crippen LogP contribution in [0.4, 0.5) is 0 Å². The van der Waals surface area contributed by atoms with Crippen LogP contribution in [0.25, 0.3) is 0 Å². The lowest BCUT2D eigenvalue weighted by atomic mass is 10.3. The Morgan fingerprint density at radius 2 is 2.28 bits per heavy atom. The summed E-state index contributed by atoms with van der Waals surface area (Å²) in [6, 6.07) is 1.62. The van der Waals surface area contributed by atoms with Gasteiger partial charge in [-0.25, -0.2) is 13.1 Å². The third kappa shape index (κ3) is 4.50. The van der Waals surface area contributed by atoms with Gasteiger partial charge in [-0.15, -0.1) is 11.3 Å². The summed E-state index contributed by atoms with van der Waals surface area (Å²) < 4.78 is 27.4. The number of nitrogens with two attached hydrogens (primary N) is 1. The molecule has 1 atom stereocenters. The maximum absolute atomic E-state index is 12.1.